The first kappa shape index (κ1) is 13.8. The Morgan fingerprint density at radius 2 is 2.29 bits per heavy atom. The van der Waals surface area contributed by atoms with Gasteiger partial charge in [-0.15, -0.1) is 0 Å². The molecule has 0 atom stereocenters. The normalized spacial score (nSPS) is 10.0. The predicted octanol–water partition coefficient (Wildman–Crippen LogP) is 2.47. The smallest absolute Gasteiger partial charge is 0.148 e. The maximum Gasteiger partial charge on any atom is 0.148 e. The van der Waals surface area contributed by atoms with Gasteiger partial charge in [0.25, 0.3) is 0 Å². The Labute approximate surface area is 107 Å². The molecular weight excluding hydrogens is 238 g/mol. The Morgan fingerprint density at radius 1 is 1.53 bits per heavy atom. The molecule has 0 aromatic carbocycles. The molecule has 4 nitrogen and oxygen atoms in total. The summed E-state index contributed by atoms with van der Waals surface area (Å²) in [5, 5.41) is 9.32. The van der Waals surface area contributed by atoms with Crippen molar-refractivity contribution in [1.82, 2.24) is 4.98 Å². The first-order valence-electron chi connectivity index (χ1n) is 5.61. The van der Waals surface area contributed by atoms with Crippen molar-refractivity contribution in [3.63, 3.8) is 0 Å². The third-order valence-corrected chi connectivity index (χ3v) is 2.75. The van der Waals surface area contributed by atoms with Gasteiger partial charge in [-0.1, -0.05) is 11.6 Å². The second-order valence-corrected chi connectivity index (χ2v) is 3.76. The van der Waals surface area contributed by atoms with E-state index in [4.69, 9.17) is 21.6 Å². The van der Waals surface area contributed by atoms with E-state index in [1.54, 1.807) is 12.3 Å². The molecule has 0 radical (unpaired) electrons. The third kappa shape index (κ3) is 3.58. The maximum atomic E-state index is 8.91. The number of likely N-dealkylation sites (N-methyl/N-ethyl adjacent to an activating group) is 1. The van der Waals surface area contributed by atoms with E-state index >= 15 is 0 Å². The summed E-state index contributed by atoms with van der Waals surface area (Å²) in [6.45, 7) is 6.78. The van der Waals surface area contributed by atoms with E-state index in [0.29, 0.717) is 36.2 Å². The Bertz CT molecular complexity index is 403. The third-order valence-electron chi connectivity index (χ3n) is 2.38. The molecule has 0 saturated heterocycles. The zero-order chi connectivity index (χ0) is 12.7. The fraction of sp³-hybridized carbons (Fsp3) is 0.500. The molecule has 0 aliphatic rings. The highest BCUT2D eigenvalue weighted by atomic mass is 35.5. The van der Waals surface area contributed by atoms with Crippen molar-refractivity contribution in [3.05, 3.63) is 22.8 Å². The fourth-order valence-electron chi connectivity index (χ4n) is 1.47. The lowest BCUT2D eigenvalue weighted by atomic mass is 10.2. The molecule has 0 bridgehead atoms. The molecule has 0 aliphatic carbocycles. The van der Waals surface area contributed by atoms with Gasteiger partial charge in [0.15, 0.2) is 0 Å². The summed E-state index contributed by atoms with van der Waals surface area (Å²) in [5.74, 6) is 0.646. The molecule has 1 heterocycles. The number of rotatable bonds is 6. The van der Waals surface area contributed by atoms with Crippen molar-refractivity contribution in [2.75, 3.05) is 31.2 Å². The Kier molecular flexibility index (Phi) is 5.75. The Morgan fingerprint density at radius 3 is 2.88 bits per heavy atom. The minimum absolute atomic E-state index is 0.411. The molecule has 0 saturated carbocycles. The van der Waals surface area contributed by atoms with Gasteiger partial charge in [-0.05, 0) is 19.9 Å². The molecule has 0 unspecified atom stereocenters. The number of anilines is 1. The highest BCUT2D eigenvalue weighted by Gasteiger charge is 2.13. The van der Waals surface area contributed by atoms with Crippen LogP contribution in [0, 0.1) is 11.3 Å². The molecule has 17 heavy (non-hydrogen) atoms. The van der Waals surface area contributed by atoms with Crippen LogP contribution in [0.2, 0.25) is 5.02 Å². The van der Waals surface area contributed by atoms with Crippen molar-refractivity contribution < 1.29 is 4.74 Å². The molecule has 0 fully saturated rings. The van der Waals surface area contributed by atoms with Gasteiger partial charge in [-0.3, -0.25) is 0 Å². The number of nitriles is 1. The largest absolute Gasteiger partial charge is 0.380 e. The van der Waals surface area contributed by atoms with Crippen LogP contribution in [0.3, 0.4) is 0 Å². The second-order valence-electron chi connectivity index (χ2n) is 3.38. The van der Waals surface area contributed by atoms with E-state index < -0.39 is 0 Å². The molecule has 0 amide bonds. The standard InChI is InChI=1S/C12H16ClN3O/c1-3-16(7-8-17-4-2)12-11(13)10(9-14)5-6-15-12/h5-6H,3-4,7-8H2,1-2H3. The van der Waals surface area contributed by atoms with Crippen LogP contribution in [0.4, 0.5) is 5.82 Å². The van der Waals surface area contributed by atoms with Crippen LogP contribution in [0.15, 0.2) is 12.3 Å². The van der Waals surface area contributed by atoms with Crippen LogP contribution in [0.5, 0.6) is 0 Å². The van der Waals surface area contributed by atoms with Gasteiger partial charge in [0.1, 0.15) is 16.9 Å². The van der Waals surface area contributed by atoms with Gasteiger partial charge in [-0.25, -0.2) is 4.98 Å². The molecular formula is C12H16ClN3O. The summed E-state index contributed by atoms with van der Waals surface area (Å²) < 4.78 is 5.31. The summed E-state index contributed by atoms with van der Waals surface area (Å²) >= 11 is 6.13. The van der Waals surface area contributed by atoms with E-state index in [1.807, 2.05) is 18.7 Å². The highest BCUT2D eigenvalue weighted by Crippen LogP contribution is 2.25. The minimum Gasteiger partial charge on any atom is -0.380 e. The first-order chi connectivity index (χ1) is 8.24. The van der Waals surface area contributed by atoms with E-state index in [0.717, 1.165) is 6.54 Å². The first-order valence-corrected chi connectivity index (χ1v) is 5.99. The molecule has 5 heteroatoms. The molecule has 0 aliphatic heterocycles. The fourth-order valence-corrected chi connectivity index (χ4v) is 1.75. The summed E-state index contributed by atoms with van der Waals surface area (Å²) in [4.78, 5) is 6.22. The average molecular weight is 254 g/mol. The van der Waals surface area contributed by atoms with Crippen LogP contribution >= 0.6 is 11.6 Å². The van der Waals surface area contributed by atoms with Gasteiger partial charge in [0.05, 0.1) is 12.2 Å². The molecule has 92 valence electrons. The Balaban J connectivity index is 2.85. The van der Waals surface area contributed by atoms with Gasteiger partial charge in [0.2, 0.25) is 0 Å². The van der Waals surface area contributed by atoms with Crippen molar-refractivity contribution >= 4 is 17.4 Å². The summed E-state index contributed by atoms with van der Waals surface area (Å²) in [6, 6.07) is 3.67. The Hall–Kier alpha value is -1.31. The summed E-state index contributed by atoms with van der Waals surface area (Å²) in [7, 11) is 0. The number of ether oxygens (including phenoxy) is 1. The quantitative estimate of drug-likeness (QED) is 0.731. The monoisotopic (exact) mass is 253 g/mol. The van der Waals surface area contributed by atoms with E-state index in [-0.39, 0.29) is 0 Å². The zero-order valence-electron chi connectivity index (χ0n) is 10.1. The topological polar surface area (TPSA) is 49.1 Å². The number of hydrogen-bond donors (Lipinski definition) is 0. The predicted molar refractivity (Wildman–Crippen MR) is 68.3 cm³/mol. The van der Waals surface area contributed by atoms with Crippen LogP contribution < -0.4 is 4.90 Å². The van der Waals surface area contributed by atoms with Gasteiger partial charge in [-0.2, -0.15) is 5.26 Å². The molecule has 1 aromatic heterocycles. The highest BCUT2D eigenvalue weighted by molar-refractivity contribution is 6.34. The summed E-state index contributed by atoms with van der Waals surface area (Å²) in [5.41, 5.74) is 0.450. The van der Waals surface area contributed by atoms with E-state index in [1.165, 1.54) is 0 Å². The van der Waals surface area contributed by atoms with Crippen LogP contribution in [-0.2, 0) is 4.74 Å². The van der Waals surface area contributed by atoms with Crippen molar-refractivity contribution in [3.8, 4) is 6.07 Å². The number of nitrogens with zero attached hydrogens (tertiary/aromatic N) is 3. The number of hydrogen-bond acceptors (Lipinski definition) is 4. The SMILES string of the molecule is CCOCCN(CC)c1nccc(C#N)c1Cl. The van der Waals surface area contributed by atoms with Crippen molar-refractivity contribution in [2.45, 2.75) is 13.8 Å². The lowest BCUT2D eigenvalue weighted by Gasteiger charge is -2.22. The average Bonchev–Trinajstić information content (AvgIpc) is 2.36. The van der Waals surface area contributed by atoms with E-state index in [2.05, 4.69) is 11.1 Å². The second kappa shape index (κ2) is 7.10. The lowest BCUT2D eigenvalue weighted by Crippen LogP contribution is -2.28. The summed E-state index contributed by atoms with van der Waals surface area (Å²) in [6.07, 6.45) is 1.60. The van der Waals surface area contributed by atoms with Crippen LogP contribution in [0.1, 0.15) is 19.4 Å². The van der Waals surface area contributed by atoms with E-state index in [9.17, 15) is 0 Å². The molecule has 1 aromatic rings. The minimum atomic E-state index is 0.411. The van der Waals surface area contributed by atoms with Gasteiger partial charge in [0, 0.05) is 25.9 Å². The number of halogens is 1. The van der Waals surface area contributed by atoms with Crippen molar-refractivity contribution in [2.24, 2.45) is 0 Å². The lowest BCUT2D eigenvalue weighted by molar-refractivity contribution is 0.154. The number of pyridine rings is 1. The van der Waals surface area contributed by atoms with Crippen LogP contribution in [0.25, 0.3) is 0 Å². The molecule has 1 rings (SSSR count). The maximum absolute atomic E-state index is 8.91. The number of aromatic nitrogens is 1. The molecule has 0 spiro atoms. The zero-order valence-corrected chi connectivity index (χ0v) is 10.9. The van der Waals surface area contributed by atoms with Gasteiger partial charge >= 0.3 is 0 Å². The van der Waals surface area contributed by atoms with Crippen molar-refractivity contribution in [1.29, 1.82) is 5.26 Å². The molecule has 0 N–H and O–H groups in total. The van der Waals surface area contributed by atoms with Crippen LogP contribution in [-0.4, -0.2) is 31.3 Å². The van der Waals surface area contributed by atoms with Gasteiger partial charge < -0.3 is 9.64 Å².